The summed E-state index contributed by atoms with van der Waals surface area (Å²) < 4.78 is 34.3. The lowest BCUT2D eigenvalue weighted by Crippen LogP contribution is -2.33. The maximum atomic E-state index is 13.6. The second kappa shape index (κ2) is 9.32. The van der Waals surface area contributed by atoms with Crippen molar-refractivity contribution in [1.82, 2.24) is 9.29 Å². The zero-order valence-corrected chi connectivity index (χ0v) is 17.7. The number of thiophene rings is 1. The second-order valence-corrected chi connectivity index (χ2v) is 9.35. The van der Waals surface area contributed by atoms with E-state index >= 15 is 0 Å². The summed E-state index contributed by atoms with van der Waals surface area (Å²) in [6.45, 7) is 4.79. The number of nitrogens with zero attached hydrogens (tertiary/aromatic N) is 2. The zero-order valence-electron chi connectivity index (χ0n) is 16.0. The minimum atomic E-state index is -3.74. The van der Waals surface area contributed by atoms with Gasteiger partial charge in [-0.25, -0.2) is 8.42 Å². The lowest BCUT2D eigenvalue weighted by atomic mass is 10.2. The number of hydrogen-bond acceptors (Lipinski definition) is 5. The summed E-state index contributed by atoms with van der Waals surface area (Å²) >= 11 is 1.63. The molecule has 0 amide bonds. The van der Waals surface area contributed by atoms with Crippen LogP contribution in [0.4, 0.5) is 0 Å². The number of rotatable bonds is 9. The van der Waals surface area contributed by atoms with Crippen LogP contribution in [0, 0.1) is 6.92 Å². The number of ether oxygens (including phenoxy) is 1. The number of sulfonamides is 1. The molecule has 0 spiro atoms. The van der Waals surface area contributed by atoms with Gasteiger partial charge in [0.25, 0.3) is 0 Å². The zero-order chi connectivity index (χ0) is 20.0. The van der Waals surface area contributed by atoms with Crippen LogP contribution < -0.4 is 4.74 Å². The number of aryl methyl sites for hydroxylation is 1. The van der Waals surface area contributed by atoms with Gasteiger partial charge >= 0.3 is 0 Å². The predicted octanol–water partition coefficient (Wildman–Crippen LogP) is 4.28. The van der Waals surface area contributed by atoms with Crippen molar-refractivity contribution in [2.75, 3.05) is 13.2 Å². The van der Waals surface area contributed by atoms with Crippen LogP contribution in [0.5, 0.6) is 5.75 Å². The van der Waals surface area contributed by atoms with E-state index < -0.39 is 10.0 Å². The SMILES string of the molecule is CCOc1ccc(C)cc1S(=O)(=O)N(CCc1cccs1)Cc1cccnc1. The number of benzene rings is 1. The lowest BCUT2D eigenvalue weighted by Gasteiger charge is -2.23. The Hall–Kier alpha value is -2.22. The molecule has 0 aliphatic heterocycles. The van der Waals surface area contributed by atoms with Gasteiger partial charge in [-0.15, -0.1) is 11.3 Å². The summed E-state index contributed by atoms with van der Waals surface area (Å²) in [5.41, 5.74) is 1.73. The van der Waals surface area contributed by atoms with Gasteiger partial charge in [-0.3, -0.25) is 4.98 Å². The molecule has 2 heterocycles. The van der Waals surface area contributed by atoms with E-state index in [2.05, 4.69) is 4.98 Å². The minimum absolute atomic E-state index is 0.212. The van der Waals surface area contributed by atoms with Gasteiger partial charge in [0.05, 0.1) is 6.61 Å². The van der Waals surface area contributed by atoms with Gasteiger partial charge in [0, 0.05) is 30.4 Å². The molecule has 0 atom stereocenters. The van der Waals surface area contributed by atoms with Crippen molar-refractivity contribution in [3.63, 3.8) is 0 Å². The Labute approximate surface area is 170 Å². The topological polar surface area (TPSA) is 59.5 Å². The first-order valence-electron chi connectivity index (χ1n) is 9.15. The predicted molar refractivity (Wildman–Crippen MR) is 112 cm³/mol. The molecule has 0 saturated carbocycles. The Morgan fingerprint density at radius 3 is 2.71 bits per heavy atom. The number of pyridine rings is 1. The molecule has 7 heteroatoms. The fourth-order valence-electron chi connectivity index (χ4n) is 2.90. The molecule has 0 saturated heterocycles. The fraction of sp³-hybridized carbons (Fsp3) is 0.286. The van der Waals surface area contributed by atoms with E-state index in [1.807, 2.05) is 49.6 Å². The van der Waals surface area contributed by atoms with Crippen LogP contribution in [-0.2, 0) is 23.0 Å². The van der Waals surface area contributed by atoms with Crippen molar-refractivity contribution in [2.24, 2.45) is 0 Å². The standard InChI is InChI=1S/C21H24N2O3S2/c1-3-26-20-9-8-17(2)14-21(20)28(24,25)23(12-10-19-7-5-13-27-19)16-18-6-4-11-22-15-18/h4-9,11,13-15H,3,10,12,16H2,1-2H3. The highest BCUT2D eigenvalue weighted by atomic mass is 32.2. The quantitative estimate of drug-likeness (QED) is 0.522. The molecule has 1 aromatic carbocycles. The Kier molecular flexibility index (Phi) is 6.83. The van der Waals surface area contributed by atoms with Crippen molar-refractivity contribution in [3.05, 3.63) is 76.2 Å². The first-order valence-corrected chi connectivity index (χ1v) is 11.5. The van der Waals surface area contributed by atoms with Crippen molar-refractivity contribution in [2.45, 2.75) is 31.7 Å². The van der Waals surface area contributed by atoms with E-state index in [1.54, 1.807) is 35.9 Å². The molecule has 0 fully saturated rings. The van der Waals surface area contributed by atoms with Crippen molar-refractivity contribution in [1.29, 1.82) is 0 Å². The maximum Gasteiger partial charge on any atom is 0.247 e. The van der Waals surface area contributed by atoms with Crippen LogP contribution in [0.3, 0.4) is 0 Å². The molecular formula is C21H24N2O3S2. The van der Waals surface area contributed by atoms with Crippen LogP contribution in [0.25, 0.3) is 0 Å². The van der Waals surface area contributed by atoms with Gasteiger partial charge in [-0.1, -0.05) is 18.2 Å². The minimum Gasteiger partial charge on any atom is -0.492 e. The Bertz CT molecular complexity index is 988. The third-order valence-electron chi connectivity index (χ3n) is 4.29. The highest BCUT2D eigenvalue weighted by Gasteiger charge is 2.28. The monoisotopic (exact) mass is 416 g/mol. The van der Waals surface area contributed by atoms with Crippen LogP contribution in [-0.4, -0.2) is 30.9 Å². The molecular weight excluding hydrogens is 392 g/mol. The van der Waals surface area contributed by atoms with Gasteiger partial charge in [0.1, 0.15) is 10.6 Å². The summed E-state index contributed by atoms with van der Waals surface area (Å²) in [6, 6.07) is 13.0. The summed E-state index contributed by atoms with van der Waals surface area (Å²) in [7, 11) is -3.74. The molecule has 148 valence electrons. The highest BCUT2D eigenvalue weighted by Crippen LogP contribution is 2.29. The third kappa shape index (κ3) is 4.98. The molecule has 3 rings (SSSR count). The number of aromatic nitrogens is 1. The second-order valence-electron chi connectivity index (χ2n) is 6.41. The largest absolute Gasteiger partial charge is 0.492 e. The Morgan fingerprint density at radius 1 is 1.18 bits per heavy atom. The first-order chi connectivity index (χ1) is 13.5. The smallest absolute Gasteiger partial charge is 0.247 e. The lowest BCUT2D eigenvalue weighted by molar-refractivity contribution is 0.328. The molecule has 0 unspecified atom stereocenters. The average molecular weight is 417 g/mol. The van der Waals surface area contributed by atoms with E-state index in [0.29, 0.717) is 25.3 Å². The van der Waals surface area contributed by atoms with Crippen LogP contribution >= 0.6 is 11.3 Å². The molecule has 3 aromatic rings. The van der Waals surface area contributed by atoms with Gasteiger partial charge in [0.15, 0.2) is 0 Å². The summed E-state index contributed by atoms with van der Waals surface area (Å²) in [5.74, 6) is 0.389. The van der Waals surface area contributed by atoms with E-state index in [1.165, 1.54) is 4.31 Å². The normalized spacial score (nSPS) is 11.7. The van der Waals surface area contributed by atoms with Crippen LogP contribution in [0.15, 0.2) is 65.1 Å². The fourth-order valence-corrected chi connectivity index (χ4v) is 5.24. The summed E-state index contributed by atoms with van der Waals surface area (Å²) in [5, 5.41) is 2.00. The summed E-state index contributed by atoms with van der Waals surface area (Å²) in [6.07, 6.45) is 4.04. The molecule has 0 radical (unpaired) electrons. The average Bonchev–Trinajstić information content (AvgIpc) is 3.21. The third-order valence-corrected chi connectivity index (χ3v) is 7.09. The maximum absolute atomic E-state index is 13.6. The van der Waals surface area contributed by atoms with Gasteiger partial charge in [-0.2, -0.15) is 4.31 Å². The van der Waals surface area contributed by atoms with E-state index in [4.69, 9.17) is 4.74 Å². The van der Waals surface area contributed by atoms with Crippen LogP contribution in [0.2, 0.25) is 0 Å². The Morgan fingerprint density at radius 2 is 2.04 bits per heavy atom. The molecule has 2 aromatic heterocycles. The molecule has 0 N–H and O–H groups in total. The van der Waals surface area contributed by atoms with Gasteiger partial charge in [0.2, 0.25) is 10.0 Å². The van der Waals surface area contributed by atoms with Crippen LogP contribution in [0.1, 0.15) is 22.9 Å². The van der Waals surface area contributed by atoms with Gasteiger partial charge in [-0.05, 0) is 61.0 Å². The van der Waals surface area contributed by atoms with Crippen molar-refractivity contribution < 1.29 is 13.2 Å². The van der Waals surface area contributed by atoms with E-state index in [-0.39, 0.29) is 11.4 Å². The summed E-state index contributed by atoms with van der Waals surface area (Å²) in [4.78, 5) is 5.49. The molecule has 0 bridgehead atoms. The molecule has 28 heavy (non-hydrogen) atoms. The molecule has 0 aliphatic rings. The number of hydrogen-bond donors (Lipinski definition) is 0. The molecule has 5 nitrogen and oxygen atoms in total. The molecule has 0 aliphatic carbocycles. The van der Waals surface area contributed by atoms with Gasteiger partial charge < -0.3 is 4.74 Å². The van der Waals surface area contributed by atoms with Crippen molar-refractivity contribution in [3.8, 4) is 5.75 Å². The first kappa shape index (κ1) is 20.5. The highest BCUT2D eigenvalue weighted by molar-refractivity contribution is 7.89. The Balaban J connectivity index is 1.96. The van der Waals surface area contributed by atoms with Crippen molar-refractivity contribution >= 4 is 21.4 Å². The van der Waals surface area contributed by atoms with E-state index in [0.717, 1.165) is 16.0 Å². The van der Waals surface area contributed by atoms with E-state index in [9.17, 15) is 8.42 Å².